The van der Waals surface area contributed by atoms with Crippen molar-refractivity contribution in [3.05, 3.63) is 68.7 Å². The molecule has 0 saturated heterocycles. The minimum absolute atomic E-state index is 0.215. The van der Waals surface area contributed by atoms with Crippen molar-refractivity contribution >= 4 is 27.5 Å². The maximum atomic E-state index is 6.36. The van der Waals surface area contributed by atoms with Crippen LogP contribution in [0.15, 0.2) is 46.9 Å². The molecular formula is C16H17BrClN. The van der Waals surface area contributed by atoms with Gasteiger partial charge in [-0.3, -0.25) is 0 Å². The van der Waals surface area contributed by atoms with Crippen LogP contribution < -0.4 is 5.32 Å². The molecule has 0 fully saturated rings. The van der Waals surface area contributed by atoms with Crippen molar-refractivity contribution in [2.24, 2.45) is 0 Å². The zero-order chi connectivity index (χ0) is 13.8. The van der Waals surface area contributed by atoms with Gasteiger partial charge in [-0.2, -0.15) is 0 Å². The standard InChI is InChI=1S/C16H17BrClN/c1-11-7-8-13(15(18)9-11)16(19-2)10-12-5-3-4-6-14(12)17/h3-9,16,19H,10H2,1-2H3. The van der Waals surface area contributed by atoms with Gasteiger partial charge in [-0.15, -0.1) is 0 Å². The van der Waals surface area contributed by atoms with Crippen molar-refractivity contribution in [1.82, 2.24) is 5.32 Å². The van der Waals surface area contributed by atoms with Crippen molar-refractivity contribution in [2.45, 2.75) is 19.4 Å². The van der Waals surface area contributed by atoms with E-state index in [1.807, 2.05) is 19.2 Å². The van der Waals surface area contributed by atoms with E-state index in [0.29, 0.717) is 0 Å². The Hall–Kier alpha value is -0.830. The third-order valence-electron chi connectivity index (χ3n) is 3.26. The summed E-state index contributed by atoms with van der Waals surface area (Å²) in [6.07, 6.45) is 0.903. The summed E-state index contributed by atoms with van der Waals surface area (Å²) in [5.41, 5.74) is 3.61. The van der Waals surface area contributed by atoms with Crippen LogP contribution in [0.1, 0.15) is 22.7 Å². The molecule has 0 aliphatic heterocycles. The van der Waals surface area contributed by atoms with Crippen LogP contribution in [0, 0.1) is 6.92 Å². The van der Waals surface area contributed by atoms with Gasteiger partial charge < -0.3 is 5.32 Å². The maximum Gasteiger partial charge on any atom is 0.0456 e. The zero-order valence-corrected chi connectivity index (χ0v) is 13.4. The van der Waals surface area contributed by atoms with Crippen molar-refractivity contribution in [2.75, 3.05) is 7.05 Å². The first-order valence-electron chi connectivity index (χ1n) is 6.28. The molecule has 100 valence electrons. The second-order valence-corrected chi connectivity index (χ2v) is 5.92. The van der Waals surface area contributed by atoms with E-state index in [4.69, 9.17) is 11.6 Å². The summed E-state index contributed by atoms with van der Waals surface area (Å²) in [4.78, 5) is 0. The summed E-state index contributed by atoms with van der Waals surface area (Å²) in [6.45, 7) is 2.05. The lowest BCUT2D eigenvalue weighted by atomic mass is 9.98. The van der Waals surface area contributed by atoms with Gasteiger partial charge >= 0.3 is 0 Å². The molecule has 0 amide bonds. The number of hydrogen-bond acceptors (Lipinski definition) is 1. The molecule has 0 heterocycles. The minimum atomic E-state index is 0.215. The lowest BCUT2D eigenvalue weighted by Gasteiger charge is -2.19. The van der Waals surface area contributed by atoms with Gasteiger partial charge in [0.1, 0.15) is 0 Å². The Balaban J connectivity index is 2.28. The fourth-order valence-electron chi connectivity index (χ4n) is 2.17. The number of hydrogen-bond donors (Lipinski definition) is 1. The molecule has 19 heavy (non-hydrogen) atoms. The Kier molecular flexibility index (Phi) is 5.03. The van der Waals surface area contributed by atoms with Gasteiger partial charge in [-0.05, 0) is 49.2 Å². The van der Waals surface area contributed by atoms with Gasteiger partial charge in [-0.1, -0.05) is 57.9 Å². The van der Waals surface area contributed by atoms with Gasteiger partial charge in [0.15, 0.2) is 0 Å². The van der Waals surface area contributed by atoms with Crippen LogP contribution in [0.2, 0.25) is 5.02 Å². The molecule has 0 aliphatic carbocycles. The highest BCUT2D eigenvalue weighted by atomic mass is 79.9. The van der Waals surface area contributed by atoms with Crippen LogP contribution in [-0.2, 0) is 6.42 Å². The molecular weight excluding hydrogens is 322 g/mol. The van der Waals surface area contributed by atoms with Crippen molar-refractivity contribution in [1.29, 1.82) is 0 Å². The lowest BCUT2D eigenvalue weighted by molar-refractivity contribution is 0.591. The highest BCUT2D eigenvalue weighted by Gasteiger charge is 2.14. The van der Waals surface area contributed by atoms with Crippen LogP contribution in [0.5, 0.6) is 0 Å². The first kappa shape index (κ1) is 14.6. The first-order chi connectivity index (χ1) is 9.11. The van der Waals surface area contributed by atoms with E-state index in [1.54, 1.807) is 0 Å². The summed E-state index contributed by atoms with van der Waals surface area (Å²) >= 11 is 9.95. The smallest absolute Gasteiger partial charge is 0.0456 e. The molecule has 1 nitrogen and oxygen atoms in total. The SMILES string of the molecule is CNC(Cc1ccccc1Br)c1ccc(C)cc1Cl. The average molecular weight is 339 g/mol. The Bertz CT molecular complexity index is 568. The highest BCUT2D eigenvalue weighted by molar-refractivity contribution is 9.10. The molecule has 0 saturated carbocycles. The van der Waals surface area contributed by atoms with Crippen LogP contribution in [0.25, 0.3) is 0 Å². The van der Waals surface area contributed by atoms with Crippen molar-refractivity contribution in [3.8, 4) is 0 Å². The summed E-state index contributed by atoms with van der Waals surface area (Å²) in [5.74, 6) is 0. The Morgan fingerprint density at radius 2 is 1.95 bits per heavy atom. The third kappa shape index (κ3) is 3.59. The van der Waals surface area contributed by atoms with E-state index in [1.165, 1.54) is 11.1 Å². The molecule has 1 unspecified atom stereocenters. The predicted octanol–water partition coefficient (Wildman–Crippen LogP) is 4.91. The Labute approximate surface area is 128 Å². The molecule has 1 N–H and O–H groups in total. The van der Waals surface area contributed by atoms with Crippen LogP contribution >= 0.6 is 27.5 Å². The number of likely N-dealkylation sites (N-methyl/N-ethyl adjacent to an activating group) is 1. The van der Waals surface area contributed by atoms with E-state index in [-0.39, 0.29) is 6.04 Å². The van der Waals surface area contributed by atoms with Crippen LogP contribution in [0.4, 0.5) is 0 Å². The number of rotatable bonds is 4. The number of nitrogens with one attached hydrogen (secondary N) is 1. The van der Waals surface area contributed by atoms with Gasteiger partial charge in [0.2, 0.25) is 0 Å². The number of benzene rings is 2. The van der Waals surface area contributed by atoms with Gasteiger partial charge in [0.05, 0.1) is 0 Å². The third-order valence-corrected chi connectivity index (χ3v) is 4.36. The van der Waals surface area contributed by atoms with Crippen molar-refractivity contribution in [3.63, 3.8) is 0 Å². The van der Waals surface area contributed by atoms with Gasteiger partial charge in [-0.25, -0.2) is 0 Å². The monoisotopic (exact) mass is 337 g/mol. The molecule has 0 aromatic heterocycles. The lowest BCUT2D eigenvalue weighted by Crippen LogP contribution is -2.19. The zero-order valence-electron chi connectivity index (χ0n) is 11.1. The topological polar surface area (TPSA) is 12.0 Å². The molecule has 3 heteroatoms. The van der Waals surface area contributed by atoms with Crippen LogP contribution in [-0.4, -0.2) is 7.05 Å². The van der Waals surface area contributed by atoms with Gasteiger partial charge in [0, 0.05) is 15.5 Å². The molecule has 2 aromatic rings. The highest BCUT2D eigenvalue weighted by Crippen LogP contribution is 2.28. The molecule has 0 radical (unpaired) electrons. The molecule has 0 aliphatic rings. The van der Waals surface area contributed by atoms with E-state index in [9.17, 15) is 0 Å². The normalized spacial score (nSPS) is 12.4. The van der Waals surface area contributed by atoms with Gasteiger partial charge in [0.25, 0.3) is 0 Å². The summed E-state index contributed by atoms with van der Waals surface area (Å²) in [6, 6.07) is 14.7. The molecule has 2 aromatic carbocycles. The van der Waals surface area contributed by atoms with E-state index < -0.39 is 0 Å². The fourth-order valence-corrected chi connectivity index (χ4v) is 2.98. The minimum Gasteiger partial charge on any atom is -0.313 e. The quantitative estimate of drug-likeness (QED) is 0.835. The van der Waals surface area contributed by atoms with Crippen LogP contribution in [0.3, 0.4) is 0 Å². The predicted molar refractivity (Wildman–Crippen MR) is 85.8 cm³/mol. The molecule has 1 atom stereocenters. The number of halogens is 2. The molecule has 2 rings (SSSR count). The largest absolute Gasteiger partial charge is 0.313 e. The summed E-state index contributed by atoms with van der Waals surface area (Å²) in [7, 11) is 1.97. The molecule has 0 spiro atoms. The number of aryl methyl sites for hydroxylation is 1. The second-order valence-electron chi connectivity index (χ2n) is 4.66. The first-order valence-corrected chi connectivity index (χ1v) is 7.45. The average Bonchev–Trinajstić information content (AvgIpc) is 2.39. The second kappa shape index (κ2) is 6.56. The summed E-state index contributed by atoms with van der Waals surface area (Å²) in [5, 5.41) is 4.17. The fraction of sp³-hybridized carbons (Fsp3) is 0.250. The Morgan fingerprint density at radius 3 is 2.58 bits per heavy atom. The van der Waals surface area contributed by atoms with Crippen molar-refractivity contribution < 1.29 is 0 Å². The summed E-state index contributed by atoms with van der Waals surface area (Å²) < 4.78 is 1.14. The Morgan fingerprint density at radius 1 is 1.21 bits per heavy atom. The molecule has 0 bridgehead atoms. The maximum absolute atomic E-state index is 6.36. The van der Waals surface area contributed by atoms with E-state index in [2.05, 4.69) is 58.5 Å². The van der Waals surface area contributed by atoms with E-state index >= 15 is 0 Å². The van der Waals surface area contributed by atoms with E-state index in [0.717, 1.165) is 21.5 Å².